The highest BCUT2D eigenvalue weighted by Crippen LogP contribution is 2.28. The molecule has 57 heavy (non-hydrogen) atoms. The van der Waals surface area contributed by atoms with Crippen molar-refractivity contribution in [2.75, 3.05) is 75.0 Å². The van der Waals surface area contributed by atoms with Gasteiger partial charge in [-0.3, -0.25) is 14.6 Å². The zero-order valence-corrected chi connectivity index (χ0v) is 34.7. The van der Waals surface area contributed by atoms with Crippen LogP contribution in [0.15, 0.2) is 131 Å². The summed E-state index contributed by atoms with van der Waals surface area (Å²) in [7, 11) is -4.10. The first kappa shape index (κ1) is 40.8. The highest BCUT2D eigenvalue weighted by Gasteiger charge is 2.23. The normalized spacial score (nSPS) is 15.9. The van der Waals surface area contributed by atoms with Crippen LogP contribution >= 0.6 is 23.4 Å². The molecule has 12 heteroatoms. The summed E-state index contributed by atoms with van der Waals surface area (Å²) in [5, 5.41) is 4.41. The molecule has 0 unspecified atom stereocenters. The first-order chi connectivity index (χ1) is 27.7. The lowest BCUT2D eigenvalue weighted by atomic mass is 9.99. The van der Waals surface area contributed by atoms with E-state index in [-0.39, 0.29) is 16.5 Å². The zero-order valence-electron chi connectivity index (χ0n) is 32.3. The van der Waals surface area contributed by atoms with Crippen molar-refractivity contribution in [3.05, 3.63) is 143 Å². The predicted octanol–water partition coefficient (Wildman–Crippen LogP) is 8.05. The van der Waals surface area contributed by atoms with E-state index in [0.717, 1.165) is 105 Å². The Morgan fingerprint density at radius 3 is 2.23 bits per heavy atom. The Hall–Kier alpha value is -4.36. The second kappa shape index (κ2) is 19.4. The number of hydrogen-bond donors (Lipinski definition) is 2. The number of benzene rings is 5. The lowest BCUT2D eigenvalue weighted by Crippen LogP contribution is -2.46. The average Bonchev–Trinajstić information content (AvgIpc) is 3.24. The maximum Gasteiger partial charge on any atom is 0.264 e. The number of amides is 1. The summed E-state index contributed by atoms with van der Waals surface area (Å²) < 4.78 is 34.7. The number of halogens is 1. The number of rotatable bonds is 15. The first-order valence-corrected chi connectivity index (χ1v) is 22.4. The van der Waals surface area contributed by atoms with Gasteiger partial charge in [0.2, 0.25) is 0 Å². The Bertz CT molecular complexity index is 2190. The predicted molar refractivity (Wildman–Crippen MR) is 233 cm³/mol. The van der Waals surface area contributed by atoms with E-state index >= 15 is 0 Å². The molecule has 7 rings (SSSR count). The van der Waals surface area contributed by atoms with Gasteiger partial charge in [-0.2, -0.15) is 0 Å². The smallest absolute Gasteiger partial charge is 0.264 e. The van der Waals surface area contributed by atoms with Gasteiger partial charge in [-0.1, -0.05) is 66.2 Å². The Morgan fingerprint density at radius 2 is 1.51 bits per heavy atom. The molecule has 0 bridgehead atoms. The molecule has 2 saturated heterocycles. The fourth-order valence-corrected chi connectivity index (χ4v) is 9.48. The van der Waals surface area contributed by atoms with Crippen LogP contribution < -0.4 is 14.9 Å². The molecular formula is C45H50ClN5O4S2. The minimum absolute atomic E-state index is 0.0488. The molecule has 2 fully saturated rings. The molecule has 9 nitrogen and oxygen atoms in total. The number of piperazine rings is 1. The molecule has 0 saturated carbocycles. The molecule has 2 aliphatic rings. The molecule has 2 N–H and O–H groups in total. The number of anilines is 2. The third-order valence-electron chi connectivity index (χ3n) is 10.6. The summed E-state index contributed by atoms with van der Waals surface area (Å²) in [4.78, 5) is 21.7. The van der Waals surface area contributed by atoms with E-state index in [9.17, 15) is 13.2 Å². The van der Waals surface area contributed by atoms with Crippen LogP contribution in [0.2, 0.25) is 5.02 Å². The number of hydrogen-bond acceptors (Lipinski definition) is 9. The van der Waals surface area contributed by atoms with Crippen LogP contribution in [0, 0.1) is 6.92 Å². The van der Waals surface area contributed by atoms with Crippen LogP contribution in [0.1, 0.15) is 27.9 Å². The number of carbonyl (C=O) groups excluding carboxylic acids is 1. The van der Waals surface area contributed by atoms with E-state index in [1.807, 2.05) is 49.4 Å². The van der Waals surface area contributed by atoms with E-state index in [1.165, 1.54) is 16.0 Å². The van der Waals surface area contributed by atoms with E-state index in [0.29, 0.717) is 0 Å². The maximum absolute atomic E-state index is 13.4. The molecule has 0 radical (unpaired) electrons. The van der Waals surface area contributed by atoms with E-state index in [1.54, 1.807) is 42.1 Å². The number of ether oxygens (including phenoxy) is 1. The molecule has 0 spiro atoms. The van der Waals surface area contributed by atoms with Gasteiger partial charge < -0.3 is 15.0 Å². The van der Waals surface area contributed by atoms with Crippen molar-refractivity contribution in [3.63, 3.8) is 0 Å². The Balaban J connectivity index is 0.926. The second-order valence-electron chi connectivity index (χ2n) is 14.6. The summed E-state index contributed by atoms with van der Waals surface area (Å²) >= 11 is 7.94. The number of nitrogens with zero attached hydrogens (tertiary/aromatic N) is 3. The summed E-state index contributed by atoms with van der Waals surface area (Å²) in [6.45, 7) is 10.5. The lowest BCUT2D eigenvalue weighted by Gasteiger charge is -2.36. The van der Waals surface area contributed by atoms with Crippen molar-refractivity contribution in [2.45, 2.75) is 35.7 Å². The minimum Gasteiger partial charge on any atom is -0.381 e. The second-order valence-corrected chi connectivity index (χ2v) is 17.8. The van der Waals surface area contributed by atoms with Gasteiger partial charge in [-0.05, 0) is 102 Å². The molecular weight excluding hydrogens is 774 g/mol. The topological polar surface area (TPSA) is 94.2 Å². The van der Waals surface area contributed by atoms with Crippen molar-refractivity contribution in [1.29, 1.82) is 0 Å². The monoisotopic (exact) mass is 823 g/mol. The SMILES string of the molecule is Cc1cc(S(=O)(=O)NC(=O)c2ccc(N3CCN(Cc4ccccc4-c4ccc(Cl)cc4)CC3)cc2)ccc1N[C@H](CCN1CCOCC1)CSc1ccccc1. The molecule has 0 aromatic heterocycles. The Labute approximate surface area is 346 Å². The van der Waals surface area contributed by atoms with Gasteiger partial charge in [0.15, 0.2) is 0 Å². The third kappa shape index (κ3) is 11.2. The number of aryl methyl sites for hydroxylation is 1. The third-order valence-corrected chi connectivity index (χ3v) is 13.4. The molecule has 5 aromatic rings. The number of carbonyl (C=O) groups is 1. The Kier molecular flexibility index (Phi) is 13.9. The first-order valence-electron chi connectivity index (χ1n) is 19.5. The van der Waals surface area contributed by atoms with Crippen molar-refractivity contribution in [3.8, 4) is 11.1 Å². The van der Waals surface area contributed by atoms with Gasteiger partial charge in [0.05, 0.1) is 18.1 Å². The quantitative estimate of drug-likeness (QED) is 0.102. The fraction of sp³-hybridized carbons (Fsp3) is 0.311. The van der Waals surface area contributed by atoms with Crippen LogP contribution in [0.5, 0.6) is 0 Å². The number of nitrogens with one attached hydrogen (secondary N) is 2. The molecule has 1 amide bonds. The van der Waals surface area contributed by atoms with Crippen molar-refractivity contribution >= 4 is 50.7 Å². The molecule has 5 aromatic carbocycles. The number of thioether (sulfide) groups is 1. The van der Waals surface area contributed by atoms with Crippen LogP contribution in [0.3, 0.4) is 0 Å². The molecule has 0 aliphatic carbocycles. The largest absolute Gasteiger partial charge is 0.381 e. The summed E-state index contributed by atoms with van der Waals surface area (Å²) in [5.74, 6) is 0.200. The van der Waals surface area contributed by atoms with Gasteiger partial charge in [0, 0.05) is 91.0 Å². The van der Waals surface area contributed by atoms with Crippen LogP contribution in [-0.4, -0.2) is 94.9 Å². The zero-order chi connectivity index (χ0) is 39.6. The van der Waals surface area contributed by atoms with Crippen LogP contribution in [-0.2, 0) is 21.3 Å². The van der Waals surface area contributed by atoms with Crippen LogP contribution in [0.4, 0.5) is 11.4 Å². The highest BCUT2D eigenvalue weighted by molar-refractivity contribution is 7.99. The maximum atomic E-state index is 13.4. The molecule has 1 atom stereocenters. The molecule has 2 aliphatic heterocycles. The minimum atomic E-state index is -4.10. The van der Waals surface area contributed by atoms with Crippen molar-refractivity contribution in [1.82, 2.24) is 14.5 Å². The van der Waals surface area contributed by atoms with Gasteiger partial charge >= 0.3 is 0 Å². The Morgan fingerprint density at radius 1 is 0.807 bits per heavy atom. The fourth-order valence-electron chi connectivity index (χ4n) is 7.30. The van der Waals surface area contributed by atoms with E-state index in [4.69, 9.17) is 16.3 Å². The van der Waals surface area contributed by atoms with Crippen molar-refractivity contribution in [2.24, 2.45) is 0 Å². The number of morpholine rings is 1. The highest BCUT2D eigenvalue weighted by atomic mass is 35.5. The van der Waals surface area contributed by atoms with Gasteiger partial charge in [0.1, 0.15) is 0 Å². The molecule has 298 valence electrons. The van der Waals surface area contributed by atoms with Gasteiger partial charge in [0.25, 0.3) is 15.9 Å². The average molecular weight is 825 g/mol. The van der Waals surface area contributed by atoms with E-state index in [2.05, 4.69) is 73.3 Å². The summed E-state index contributed by atoms with van der Waals surface area (Å²) in [5.41, 5.74) is 6.60. The van der Waals surface area contributed by atoms with Gasteiger partial charge in [-0.15, -0.1) is 11.8 Å². The molecule has 2 heterocycles. The van der Waals surface area contributed by atoms with Crippen molar-refractivity contribution < 1.29 is 17.9 Å². The van der Waals surface area contributed by atoms with Gasteiger partial charge in [-0.25, -0.2) is 13.1 Å². The number of sulfonamides is 1. The van der Waals surface area contributed by atoms with Crippen LogP contribution in [0.25, 0.3) is 11.1 Å². The summed E-state index contributed by atoms with van der Waals surface area (Å²) in [6, 6.07) is 39.1. The summed E-state index contributed by atoms with van der Waals surface area (Å²) in [6.07, 6.45) is 0.936. The van der Waals surface area contributed by atoms with E-state index < -0.39 is 15.9 Å². The lowest BCUT2D eigenvalue weighted by molar-refractivity contribution is 0.0370. The standard InChI is InChI=1S/C45H50ClN5O4S2/c1-34-31-42(19-20-44(34)47-39(21-22-49-27-29-55-30-28-49)33-56-41-8-3-2-4-9-41)57(53,54)48-45(52)36-13-17-40(18-14-36)51-25-23-50(24-26-51)32-37-7-5-6-10-43(37)35-11-15-38(46)16-12-35/h2-20,31,39,47H,21-30,32-33H2,1H3,(H,48,52)/t39-/m1/s1.